The number of phosphoric acid groups is 2. The van der Waals surface area contributed by atoms with E-state index in [0.717, 1.165) is 109 Å². The maximum Gasteiger partial charge on any atom is 0.472 e. The van der Waals surface area contributed by atoms with Gasteiger partial charge in [0.25, 0.3) is 0 Å². The molecular weight excluding hydrogens is 1310 g/mol. The molecule has 0 bridgehead atoms. The highest BCUT2D eigenvalue weighted by Crippen LogP contribution is 2.45. The van der Waals surface area contributed by atoms with Crippen molar-refractivity contribution >= 4 is 39.5 Å². The molecule has 0 aromatic carbocycles. The topological polar surface area (TPSA) is 237 Å². The van der Waals surface area contributed by atoms with Crippen LogP contribution >= 0.6 is 15.6 Å². The van der Waals surface area contributed by atoms with Crippen molar-refractivity contribution in [2.45, 2.75) is 451 Å². The molecule has 100 heavy (non-hydrogen) atoms. The van der Waals surface area contributed by atoms with Crippen LogP contribution < -0.4 is 0 Å². The first-order chi connectivity index (χ1) is 48.5. The van der Waals surface area contributed by atoms with Crippen molar-refractivity contribution < 1.29 is 80.2 Å². The standard InChI is InChI=1S/C81H158O17P2/c1-6-9-12-15-18-20-22-24-26-28-29-30-31-32-34-38-43-47-52-57-62-67-81(86)98-77(71-92-79(84)65-60-55-50-45-41-39-35-36-40-44-49-53-58-63-74(4)5)73-96-100(89,90)94-69-75(82)68-93-99(87,88)95-72-76(70-91-78(83)64-59-54-48-17-14-11-8-3)97-80(85)66-61-56-51-46-42-37-33-27-25-23-21-19-16-13-10-7-2/h74-77,82H,6-73H2,1-5H3,(H,87,88)(H,89,90)/t75-,76+,77+/m0/s1. The monoisotopic (exact) mass is 1470 g/mol. The average molecular weight is 1470 g/mol. The molecule has 0 aliphatic heterocycles. The van der Waals surface area contributed by atoms with Crippen LogP contribution in [-0.4, -0.2) is 96.7 Å². The fraction of sp³-hybridized carbons (Fsp3) is 0.951. The minimum atomic E-state index is -4.96. The molecule has 0 radical (unpaired) electrons. The van der Waals surface area contributed by atoms with Crippen LogP contribution in [0.15, 0.2) is 0 Å². The molecule has 3 N–H and O–H groups in total. The van der Waals surface area contributed by atoms with E-state index in [4.69, 9.17) is 37.0 Å². The predicted octanol–water partition coefficient (Wildman–Crippen LogP) is 24.4. The van der Waals surface area contributed by atoms with Gasteiger partial charge in [-0.1, -0.05) is 381 Å². The first-order valence-electron chi connectivity index (χ1n) is 42.1. The van der Waals surface area contributed by atoms with E-state index in [0.29, 0.717) is 25.7 Å². The third-order valence-corrected chi connectivity index (χ3v) is 20.9. The van der Waals surface area contributed by atoms with E-state index in [1.54, 1.807) is 0 Å². The molecule has 0 aliphatic carbocycles. The van der Waals surface area contributed by atoms with Crippen LogP contribution in [0.1, 0.15) is 433 Å². The van der Waals surface area contributed by atoms with Crippen LogP contribution in [0, 0.1) is 5.92 Å². The second kappa shape index (κ2) is 73.9. The molecule has 0 fully saturated rings. The van der Waals surface area contributed by atoms with Gasteiger partial charge in [-0.25, -0.2) is 9.13 Å². The van der Waals surface area contributed by atoms with E-state index >= 15 is 0 Å². The van der Waals surface area contributed by atoms with Crippen LogP contribution in [0.3, 0.4) is 0 Å². The number of phosphoric ester groups is 2. The lowest BCUT2D eigenvalue weighted by Crippen LogP contribution is -2.30. The van der Waals surface area contributed by atoms with Gasteiger partial charge < -0.3 is 33.8 Å². The number of ether oxygens (including phenoxy) is 4. The SMILES string of the molecule is CCCCCCCCCCCCCCCCCCCCCCCC(=O)O[C@H](COC(=O)CCCCCCCCCCCCCCCC(C)C)COP(=O)(O)OC[C@@H](O)COP(=O)(O)OC[C@@H](COC(=O)CCCCCCCCC)OC(=O)CCCCCCCCCCCCCCCCCC. The Hall–Kier alpha value is -1.94. The summed E-state index contributed by atoms with van der Waals surface area (Å²) in [7, 11) is -9.91. The van der Waals surface area contributed by atoms with Crippen molar-refractivity contribution in [1.82, 2.24) is 0 Å². The molecule has 2 unspecified atom stereocenters. The Morgan fingerprint density at radius 2 is 0.460 bits per heavy atom. The van der Waals surface area contributed by atoms with Crippen molar-refractivity contribution in [3.05, 3.63) is 0 Å². The molecule has 0 saturated carbocycles. The van der Waals surface area contributed by atoms with Crippen LogP contribution in [0.5, 0.6) is 0 Å². The van der Waals surface area contributed by atoms with Crippen LogP contribution in [0.4, 0.5) is 0 Å². The summed E-state index contributed by atoms with van der Waals surface area (Å²) in [6.07, 6.45) is 65.4. The predicted molar refractivity (Wildman–Crippen MR) is 409 cm³/mol. The number of esters is 4. The van der Waals surface area contributed by atoms with E-state index in [-0.39, 0.29) is 25.7 Å². The first-order valence-corrected chi connectivity index (χ1v) is 45.1. The smallest absolute Gasteiger partial charge is 0.462 e. The van der Waals surface area contributed by atoms with Gasteiger partial charge in [0.05, 0.1) is 26.4 Å². The molecule has 19 heteroatoms. The van der Waals surface area contributed by atoms with Gasteiger partial charge in [0.15, 0.2) is 12.2 Å². The zero-order valence-electron chi connectivity index (χ0n) is 65.3. The minimum Gasteiger partial charge on any atom is -0.462 e. The summed E-state index contributed by atoms with van der Waals surface area (Å²) >= 11 is 0. The third-order valence-electron chi connectivity index (χ3n) is 19.0. The number of aliphatic hydroxyl groups excluding tert-OH is 1. The lowest BCUT2D eigenvalue weighted by molar-refractivity contribution is -0.161. The second-order valence-electron chi connectivity index (χ2n) is 29.6. The van der Waals surface area contributed by atoms with Gasteiger partial charge in [0.1, 0.15) is 19.3 Å². The number of hydrogen-bond donors (Lipinski definition) is 3. The highest BCUT2D eigenvalue weighted by atomic mass is 31.2. The first kappa shape index (κ1) is 98.1. The zero-order valence-corrected chi connectivity index (χ0v) is 67.1. The molecule has 0 rings (SSSR count). The summed E-state index contributed by atoms with van der Waals surface area (Å²) < 4.78 is 68.6. The number of rotatable bonds is 81. The quantitative estimate of drug-likeness (QED) is 0.0222. The van der Waals surface area contributed by atoms with E-state index in [1.165, 1.54) is 244 Å². The van der Waals surface area contributed by atoms with Gasteiger partial charge in [-0.2, -0.15) is 0 Å². The Kier molecular flexibility index (Phi) is 72.5. The normalized spacial score (nSPS) is 13.8. The summed E-state index contributed by atoms with van der Waals surface area (Å²) in [5.74, 6) is -1.32. The van der Waals surface area contributed by atoms with Gasteiger partial charge >= 0.3 is 39.5 Å². The number of unbranched alkanes of at least 4 members (excludes halogenated alkanes) is 53. The molecule has 594 valence electrons. The molecule has 5 atom stereocenters. The van der Waals surface area contributed by atoms with Gasteiger partial charge in [-0.05, 0) is 31.6 Å². The molecule has 0 aliphatic rings. The summed E-state index contributed by atoms with van der Waals surface area (Å²) in [6, 6.07) is 0. The van der Waals surface area contributed by atoms with Crippen LogP contribution in [0.25, 0.3) is 0 Å². The molecule has 0 heterocycles. The van der Waals surface area contributed by atoms with Crippen molar-refractivity contribution in [3.8, 4) is 0 Å². The Bertz CT molecular complexity index is 1910. The fourth-order valence-corrected chi connectivity index (χ4v) is 14.2. The van der Waals surface area contributed by atoms with E-state index < -0.39 is 97.5 Å². The maximum atomic E-state index is 13.1. The van der Waals surface area contributed by atoms with Crippen LogP contribution in [0.2, 0.25) is 0 Å². The Morgan fingerprint density at radius 1 is 0.270 bits per heavy atom. The Labute approximate surface area is 613 Å². The summed E-state index contributed by atoms with van der Waals surface area (Å²) in [5.41, 5.74) is 0. The highest BCUT2D eigenvalue weighted by Gasteiger charge is 2.30. The fourth-order valence-electron chi connectivity index (χ4n) is 12.6. The van der Waals surface area contributed by atoms with Gasteiger partial charge in [0.2, 0.25) is 0 Å². The maximum absolute atomic E-state index is 13.1. The number of aliphatic hydroxyl groups is 1. The van der Waals surface area contributed by atoms with Crippen molar-refractivity contribution in [1.29, 1.82) is 0 Å². The molecule has 0 aromatic rings. The minimum absolute atomic E-state index is 0.108. The van der Waals surface area contributed by atoms with Gasteiger partial charge in [0, 0.05) is 25.7 Å². The third kappa shape index (κ3) is 74.3. The second-order valence-corrected chi connectivity index (χ2v) is 32.5. The Balaban J connectivity index is 5.16. The number of carbonyl (C=O) groups is 4. The van der Waals surface area contributed by atoms with Crippen molar-refractivity contribution in [2.24, 2.45) is 5.92 Å². The number of hydrogen-bond acceptors (Lipinski definition) is 15. The average Bonchev–Trinajstić information content (AvgIpc) is 0.937. The molecule has 0 aromatic heterocycles. The molecule has 0 amide bonds. The van der Waals surface area contributed by atoms with Gasteiger partial charge in [-0.15, -0.1) is 0 Å². The molecular formula is C81H158O17P2. The lowest BCUT2D eigenvalue weighted by Gasteiger charge is -2.21. The molecule has 17 nitrogen and oxygen atoms in total. The summed E-state index contributed by atoms with van der Waals surface area (Å²) in [6.45, 7) is 7.31. The van der Waals surface area contributed by atoms with E-state index in [9.17, 15) is 43.2 Å². The summed E-state index contributed by atoms with van der Waals surface area (Å²) in [5, 5.41) is 10.6. The van der Waals surface area contributed by atoms with E-state index in [1.807, 2.05) is 0 Å². The molecule has 0 saturated heterocycles. The van der Waals surface area contributed by atoms with Crippen molar-refractivity contribution in [2.75, 3.05) is 39.6 Å². The number of carbonyl (C=O) groups excluding carboxylic acids is 4. The largest absolute Gasteiger partial charge is 0.472 e. The van der Waals surface area contributed by atoms with E-state index in [2.05, 4.69) is 34.6 Å². The van der Waals surface area contributed by atoms with Gasteiger partial charge in [-0.3, -0.25) is 37.3 Å². The molecule has 0 spiro atoms. The van der Waals surface area contributed by atoms with Crippen molar-refractivity contribution in [3.63, 3.8) is 0 Å². The highest BCUT2D eigenvalue weighted by molar-refractivity contribution is 7.47. The zero-order chi connectivity index (χ0) is 73.4. The lowest BCUT2D eigenvalue weighted by atomic mass is 10.0. The Morgan fingerprint density at radius 3 is 0.680 bits per heavy atom. The summed E-state index contributed by atoms with van der Waals surface area (Å²) in [4.78, 5) is 72.9. The van der Waals surface area contributed by atoms with Crippen LogP contribution in [-0.2, 0) is 65.4 Å².